The molecular formula is C19H24N2. The molecule has 0 saturated heterocycles. The van der Waals surface area contributed by atoms with Gasteiger partial charge in [0.1, 0.15) is 0 Å². The molecule has 110 valence electrons. The third-order valence-corrected chi connectivity index (χ3v) is 4.17. The van der Waals surface area contributed by atoms with Crippen molar-refractivity contribution < 1.29 is 0 Å². The van der Waals surface area contributed by atoms with E-state index in [0.29, 0.717) is 6.04 Å². The summed E-state index contributed by atoms with van der Waals surface area (Å²) in [6.07, 6.45) is 3.54. The highest BCUT2D eigenvalue weighted by atomic mass is 15.0. The largest absolute Gasteiger partial charge is 0.382 e. The number of nitrogens with zero attached hydrogens (tertiary/aromatic N) is 1. The van der Waals surface area contributed by atoms with Gasteiger partial charge < -0.3 is 10.2 Å². The van der Waals surface area contributed by atoms with Gasteiger partial charge in [0.25, 0.3) is 0 Å². The van der Waals surface area contributed by atoms with Crippen LogP contribution in [0.25, 0.3) is 0 Å². The summed E-state index contributed by atoms with van der Waals surface area (Å²) in [5, 5.41) is 3.69. The van der Waals surface area contributed by atoms with E-state index in [1.165, 1.54) is 35.2 Å². The standard InChI is InChI=1S/C19H24N2/c1-21(2)14-15-7-10-18(11-8-15)20-19-12-9-16-5-3-4-6-17(16)13-19/h3-8,10-11,19-20H,9,12-14H2,1-2H3. The summed E-state index contributed by atoms with van der Waals surface area (Å²) in [5.41, 5.74) is 5.63. The predicted octanol–water partition coefficient (Wildman–Crippen LogP) is 3.72. The number of nitrogens with one attached hydrogen (secondary N) is 1. The van der Waals surface area contributed by atoms with E-state index >= 15 is 0 Å². The Kier molecular flexibility index (Phi) is 4.26. The molecule has 0 bridgehead atoms. The zero-order valence-corrected chi connectivity index (χ0v) is 13.0. The average Bonchev–Trinajstić information content (AvgIpc) is 2.49. The maximum absolute atomic E-state index is 3.69. The maximum atomic E-state index is 3.69. The predicted molar refractivity (Wildman–Crippen MR) is 89.7 cm³/mol. The zero-order chi connectivity index (χ0) is 14.7. The summed E-state index contributed by atoms with van der Waals surface area (Å²) in [6, 6.07) is 18.2. The monoisotopic (exact) mass is 280 g/mol. The minimum atomic E-state index is 0.555. The number of fused-ring (bicyclic) bond motifs is 1. The van der Waals surface area contributed by atoms with E-state index in [4.69, 9.17) is 0 Å². The van der Waals surface area contributed by atoms with Crippen LogP contribution in [0, 0.1) is 0 Å². The van der Waals surface area contributed by atoms with E-state index in [1.807, 2.05) is 0 Å². The average molecular weight is 280 g/mol. The van der Waals surface area contributed by atoms with Gasteiger partial charge in [-0.1, -0.05) is 36.4 Å². The molecule has 0 aromatic heterocycles. The Bertz CT molecular complexity index is 587. The van der Waals surface area contributed by atoms with Gasteiger partial charge in [-0.3, -0.25) is 0 Å². The van der Waals surface area contributed by atoms with Crippen molar-refractivity contribution in [1.82, 2.24) is 4.90 Å². The Morgan fingerprint density at radius 2 is 1.71 bits per heavy atom. The summed E-state index contributed by atoms with van der Waals surface area (Å²) in [7, 11) is 4.21. The van der Waals surface area contributed by atoms with Crippen molar-refractivity contribution in [2.45, 2.75) is 31.8 Å². The topological polar surface area (TPSA) is 15.3 Å². The lowest BCUT2D eigenvalue weighted by Gasteiger charge is -2.26. The van der Waals surface area contributed by atoms with Crippen LogP contribution in [0.2, 0.25) is 0 Å². The Labute approximate surface area is 127 Å². The molecule has 0 fully saturated rings. The highest BCUT2D eigenvalue weighted by Crippen LogP contribution is 2.23. The van der Waals surface area contributed by atoms with Crippen molar-refractivity contribution in [2.75, 3.05) is 19.4 Å². The Morgan fingerprint density at radius 3 is 2.43 bits per heavy atom. The molecule has 0 spiro atoms. The number of hydrogen-bond acceptors (Lipinski definition) is 2. The number of benzene rings is 2. The van der Waals surface area contributed by atoms with Gasteiger partial charge in [0.15, 0.2) is 0 Å². The van der Waals surface area contributed by atoms with Crippen LogP contribution in [0.3, 0.4) is 0 Å². The van der Waals surface area contributed by atoms with Crippen molar-refractivity contribution in [2.24, 2.45) is 0 Å². The Morgan fingerprint density at radius 1 is 1.00 bits per heavy atom. The first-order chi connectivity index (χ1) is 10.2. The molecule has 2 heteroatoms. The first-order valence-corrected chi connectivity index (χ1v) is 7.78. The highest BCUT2D eigenvalue weighted by molar-refractivity contribution is 5.46. The van der Waals surface area contributed by atoms with Gasteiger partial charge in [0, 0.05) is 18.3 Å². The minimum absolute atomic E-state index is 0.555. The molecule has 2 aromatic carbocycles. The maximum Gasteiger partial charge on any atom is 0.0342 e. The van der Waals surface area contributed by atoms with Gasteiger partial charge in [0.2, 0.25) is 0 Å². The van der Waals surface area contributed by atoms with E-state index in [0.717, 1.165) is 13.0 Å². The second kappa shape index (κ2) is 6.31. The molecule has 0 saturated carbocycles. The van der Waals surface area contributed by atoms with Crippen molar-refractivity contribution >= 4 is 5.69 Å². The third-order valence-electron chi connectivity index (χ3n) is 4.17. The van der Waals surface area contributed by atoms with Crippen molar-refractivity contribution in [3.63, 3.8) is 0 Å². The Hall–Kier alpha value is -1.80. The highest BCUT2D eigenvalue weighted by Gasteiger charge is 2.17. The van der Waals surface area contributed by atoms with E-state index in [9.17, 15) is 0 Å². The van der Waals surface area contributed by atoms with Crippen LogP contribution in [0.4, 0.5) is 5.69 Å². The number of hydrogen-bond donors (Lipinski definition) is 1. The van der Waals surface area contributed by atoms with Crippen LogP contribution < -0.4 is 5.32 Å². The van der Waals surface area contributed by atoms with Crippen LogP contribution in [0.5, 0.6) is 0 Å². The molecular weight excluding hydrogens is 256 g/mol. The molecule has 0 amide bonds. The zero-order valence-electron chi connectivity index (χ0n) is 13.0. The van der Waals surface area contributed by atoms with E-state index in [1.54, 1.807) is 0 Å². The summed E-state index contributed by atoms with van der Waals surface area (Å²) in [6.45, 7) is 0.997. The van der Waals surface area contributed by atoms with Crippen LogP contribution in [0.15, 0.2) is 48.5 Å². The van der Waals surface area contributed by atoms with Crippen molar-refractivity contribution in [3.05, 3.63) is 65.2 Å². The minimum Gasteiger partial charge on any atom is -0.382 e. The van der Waals surface area contributed by atoms with Crippen LogP contribution >= 0.6 is 0 Å². The quantitative estimate of drug-likeness (QED) is 0.918. The van der Waals surface area contributed by atoms with Gasteiger partial charge in [-0.15, -0.1) is 0 Å². The molecule has 1 aliphatic rings. The molecule has 1 atom stereocenters. The fourth-order valence-corrected chi connectivity index (χ4v) is 3.13. The lowest BCUT2D eigenvalue weighted by atomic mass is 9.88. The summed E-state index contributed by atoms with van der Waals surface area (Å²) < 4.78 is 0. The van der Waals surface area contributed by atoms with Crippen LogP contribution in [-0.2, 0) is 19.4 Å². The number of aryl methyl sites for hydroxylation is 1. The first kappa shape index (κ1) is 14.2. The van der Waals surface area contributed by atoms with Gasteiger partial charge in [-0.2, -0.15) is 0 Å². The van der Waals surface area contributed by atoms with Crippen molar-refractivity contribution in [3.8, 4) is 0 Å². The van der Waals surface area contributed by atoms with Crippen molar-refractivity contribution in [1.29, 1.82) is 0 Å². The van der Waals surface area contributed by atoms with E-state index in [-0.39, 0.29) is 0 Å². The molecule has 1 aliphatic carbocycles. The first-order valence-electron chi connectivity index (χ1n) is 7.78. The molecule has 2 nitrogen and oxygen atoms in total. The molecule has 21 heavy (non-hydrogen) atoms. The second-order valence-electron chi connectivity index (χ2n) is 6.29. The lowest BCUT2D eigenvalue weighted by Crippen LogP contribution is -2.27. The second-order valence-corrected chi connectivity index (χ2v) is 6.29. The summed E-state index contributed by atoms with van der Waals surface area (Å²) in [4.78, 5) is 2.19. The number of anilines is 1. The van der Waals surface area contributed by atoms with Gasteiger partial charge in [-0.05, 0) is 62.2 Å². The van der Waals surface area contributed by atoms with E-state index < -0.39 is 0 Å². The number of rotatable bonds is 4. The molecule has 3 rings (SSSR count). The van der Waals surface area contributed by atoms with Gasteiger partial charge in [0.05, 0.1) is 0 Å². The van der Waals surface area contributed by atoms with Gasteiger partial charge >= 0.3 is 0 Å². The molecule has 0 radical (unpaired) electrons. The fourth-order valence-electron chi connectivity index (χ4n) is 3.13. The van der Waals surface area contributed by atoms with Crippen LogP contribution in [0.1, 0.15) is 23.1 Å². The fraction of sp³-hybridized carbons (Fsp3) is 0.368. The molecule has 0 heterocycles. The SMILES string of the molecule is CN(C)Cc1ccc(NC2CCc3ccccc3C2)cc1. The van der Waals surface area contributed by atoms with Gasteiger partial charge in [-0.25, -0.2) is 0 Å². The lowest BCUT2D eigenvalue weighted by molar-refractivity contribution is 0.402. The third kappa shape index (κ3) is 3.64. The van der Waals surface area contributed by atoms with E-state index in [2.05, 4.69) is 72.8 Å². The van der Waals surface area contributed by atoms with Crippen LogP contribution in [-0.4, -0.2) is 25.0 Å². The summed E-state index contributed by atoms with van der Waals surface area (Å²) >= 11 is 0. The molecule has 1 N–H and O–H groups in total. The normalized spacial score (nSPS) is 17.6. The molecule has 2 aromatic rings. The molecule has 1 unspecified atom stereocenters. The summed E-state index contributed by atoms with van der Waals surface area (Å²) in [5.74, 6) is 0. The molecule has 0 aliphatic heterocycles. The smallest absolute Gasteiger partial charge is 0.0342 e. The Balaban J connectivity index is 1.62.